The van der Waals surface area contributed by atoms with Crippen molar-refractivity contribution in [3.8, 4) is 0 Å². The fourth-order valence-corrected chi connectivity index (χ4v) is 2.55. The van der Waals surface area contributed by atoms with Crippen LogP contribution in [0.2, 0.25) is 0 Å². The summed E-state index contributed by atoms with van der Waals surface area (Å²) in [7, 11) is 0. The molecule has 92 valence electrons. The Morgan fingerprint density at radius 1 is 1.18 bits per heavy atom. The largest absolute Gasteiger partial charge is 0.297 e. The molecule has 4 nitrogen and oxygen atoms in total. The van der Waals surface area contributed by atoms with E-state index in [-0.39, 0.29) is 23.7 Å². The third-order valence-corrected chi connectivity index (χ3v) is 3.74. The summed E-state index contributed by atoms with van der Waals surface area (Å²) < 4.78 is 0. The Balaban J connectivity index is 2.48. The highest BCUT2D eigenvalue weighted by Gasteiger charge is 2.44. The van der Waals surface area contributed by atoms with E-state index in [1.165, 1.54) is 5.57 Å². The first-order valence-corrected chi connectivity index (χ1v) is 5.85. The van der Waals surface area contributed by atoms with E-state index in [1.54, 1.807) is 19.9 Å². The zero-order valence-electron chi connectivity index (χ0n) is 10.9. The molecule has 0 bridgehead atoms. The van der Waals surface area contributed by atoms with E-state index in [4.69, 9.17) is 0 Å². The molecule has 0 amide bonds. The lowest BCUT2D eigenvalue weighted by atomic mass is 10.1. The number of hydrazine groups is 1. The van der Waals surface area contributed by atoms with Crippen LogP contribution in [0.15, 0.2) is 23.0 Å². The van der Waals surface area contributed by atoms with Crippen LogP contribution in [0.1, 0.15) is 34.6 Å². The summed E-state index contributed by atoms with van der Waals surface area (Å²) in [6.45, 7) is 9.21. The van der Waals surface area contributed by atoms with Gasteiger partial charge in [-0.05, 0) is 39.3 Å². The number of allylic oxidation sites excluding steroid dienone is 2. The Bertz CT molecular complexity index is 462. The number of Topliss-reactive ketones (excluding diaryl/α,β-unsaturated/α-hetero) is 2. The lowest BCUT2D eigenvalue weighted by Gasteiger charge is -2.33. The molecule has 0 radical (unpaired) electrons. The molecule has 0 saturated heterocycles. The van der Waals surface area contributed by atoms with Gasteiger partial charge in [0.2, 0.25) is 0 Å². The van der Waals surface area contributed by atoms with Gasteiger partial charge in [-0.25, -0.2) is 0 Å². The van der Waals surface area contributed by atoms with Gasteiger partial charge in [0.05, 0.1) is 11.7 Å². The normalized spacial score (nSPS) is 27.5. The Morgan fingerprint density at radius 2 is 1.76 bits per heavy atom. The lowest BCUT2D eigenvalue weighted by molar-refractivity contribution is -0.124. The minimum Gasteiger partial charge on any atom is -0.297 e. The van der Waals surface area contributed by atoms with Crippen LogP contribution in [0.4, 0.5) is 0 Å². The summed E-state index contributed by atoms with van der Waals surface area (Å²) in [5, 5.41) is 3.89. The highest BCUT2D eigenvalue weighted by atomic mass is 16.1. The van der Waals surface area contributed by atoms with Crippen LogP contribution in [0.5, 0.6) is 0 Å². The highest BCUT2D eigenvalue weighted by molar-refractivity contribution is 5.96. The molecule has 0 spiro atoms. The van der Waals surface area contributed by atoms with Crippen LogP contribution < -0.4 is 0 Å². The van der Waals surface area contributed by atoms with Gasteiger partial charge in [-0.2, -0.15) is 0 Å². The van der Waals surface area contributed by atoms with Crippen LogP contribution in [-0.2, 0) is 9.59 Å². The number of hydrogen-bond donors (Lipinski definition) is 0. The van der Waals surface area contributed by atoms with Gasteiger partial charge in [-0.3, -0.25) is 19.6 Å². The van der Waals surface area contributed by atoms with Crippen LogP contribution in [0.25, 0.3) is 0 Å². The summed E-state index contributed by atoms with van der Waals surface area (Å²) in [6, 6.07) is -0.178. The number of fused-ring (bicyclic) bond motifs is 1. The molecule has 2 aliphatic heterocycles. The number of hydrogen-bond acceptors (Lipinski definition) is 4. The zero-order valence-corrected chi connectivity index (χ0v) is 10.9. The van der Waals surface area contributed by atoms with Gasteiger partial charge in [0.25, 0.3) is 0 Å². The molecule has 0 aliphatic carbocycles. The average Bonchev–Trinajstić information content (AvgIpc) is 2.73. The van der Waals surface area contributed by atoms with Crippen molar-refractivity contribution in [1.29, 1.82) is 0 Å². The van der Waals surface area contributed by atoms with Gasteiger partial charge in [0, 0.05) is 12.6 Å². The van der Waals surface area contributed by atoms with Crippen molar-refractivity contribution in [3.05, 3.63) is 23.0 Å². The summed E-state index contributed by atoms with van der Waals surface area (Å²) in [5.74, 6) is 0.0700. The number of rotatable bonds is 2. The molecule has 0 aromatic heterocycles. The summed E-state index contributed by atoms with van der Waals surface area (Å²) in [6.07, 6.45) is 1.77. The fourth-order valence-electron chi connectivity index (χ4n) is 2.55. The second-order valence-electron chi connectivity index (χ2n) is 4.80. The van der Waals surface area contributed by atoms with Gasteiger partial charge < -0.3 is 0 Å². The van der Waals surface area contributed by atoms with Gasteiger partial charge >= 0.3 is 0 Å². The minimum absolute atomic E-state index is 0.00750. The molecular weight excluding hydrogens is 216 g/mol. The van der Waals surface area contributed by atoms with Crippen LogP contribution in [0.3, 0.4) is 0 Å². The van der Waals surface area contributed by atoms with E-state index in [0.717, 1.165) is 5.70 Å². The molecule has 2 unspecified atom stereocenters. The Hall–Kier alpha value is -1.58. The average molecular weight is 234 g/mol. The van der Waals surface area contributed by atoms with E-state index in [9.17, 15) is 9.59 Å². The third-order valence-electron chi connectivity index (χ3n) is 3.74. The van der Waals surface area contributed by atoms with Crippen molar-refractivity contribution in [1.82, 2.24) is 10.0 Å². The quantitative estimate of drug-likeness (QED) is 0.728. The number of carbonyl (C=O) groups excluding carboxylic acids is 2. The molecule has 2 aliphatic rings. The molecule has 0 aromatic carbocycles. The van der Waals surface area contributed by atoms with Crippen LogP contribution in [-0.4, -0.2) is 33.7 Å². The third kappa shape index (κ3) is 1.51. The molecule has 0 fully saturated rings. The van der Waals surface area contributed by atoms with Crippen molar-refractivity contribution in [2.45, 2.75) is 46.7 Å². The summed E-state index contributed by atoms with van der Waals surface area (Å²) in [5.41, 5.74) is 2.92. The molecular formula is C13H18N2O2. The predicted octanol–water partition coefficient (Wildman–Crippen LogP) is 1.65. The Kier molecular flexibility index (Phi) is 2.60. The number of nitrogens with zero attached hydrogens (tertiary/aromatic N) is 2. The molecule has 17 heavy (non-hydrogen) atoms. The molecule has 0 saturated carbocycles. The smallest absolute Gasteiger partial charge is 0.177 e. The number of carbonyl (C=O) groups is 2. The first-order valence-electron chi connectivity index (χ1n) is 5.85. The van der Waals surface area contributed by atoms with Gasteiger partial charge in [0.1, 0.15) is 6.04 Å². The maximum Gasteiger partial charge on any atom is 0.177 e. The summed E-state index contributed by atoms with van der Waals surface area (Å²) >= 11 is 0. The van der Waals surface area contributed by atoms with Crippen molar-refractivity contribution in [2.24, 2.45) is 0 Å². The first-order chi connectivity index (χ1) is 7.86. The van der Waals surface area contributed by atoms with Crippen molar-refractivity contribution in [3.63, 3.8) is 0 Å². The van der Waals surface area contributed by atoms with E-state index in [0.29, 0.717) is 5.70 Å². The number of ketones is 2. The zero-order chi connectivity index (χ0) is 12.9. The van der Waals surface area contributed by atoms with Crippen LogP contribution in [0, 0.1) is 0 Å². The fraction of sp³-hybridized carbons (Fsp3) is 0.538. The Labute approximate surface area is 102 Å². The van der Waals surface area contributed by atoms with E-state index < -0.39 is 0 Å². The highest BCUT2D eigenvalue weighted by Crippen LogP contribution is 2.38. The maximum atomic E-state index is 11.7. The lowest BCUT2D eigenvalue weighted by Crippen LogP contribution is -2.43. The van der Waals surface area contributed by atoms with Gasteiger partial charge in [-0.1, -0.05) is 0 Å². The minimum atomic E-state index is -0.325. The first kappa shape index (κ1) is 11.9. The second-order valence-corrected chi connectivity index (χ2v) is 4.80. The Morgan fingerprint density at radius 3 is 2.24 bits per heavy atom. The van der Waals surface area contributed by atoms with Gasteiger partial charge in [0.15, 0.2) is 11.6 Å². The topological polar surface area (TPSA) is 40.6 Å². The van der Waals surface area contributed by atoms with Gasteiger partial charge in [-0.15, -0.1) is 0 Å². The molecule has 2 atom stereocenters. The van der Waals surface area contributed by atoms with Crippen molar-refractivity contribution in [2.75, 3.05) is 0 Å². The monoisotopic (exact) mass is 234 g/mol. The second kappa shape index (κ2) is 3.72. The molecule has 4 heteroatoms. The standard InChI is InChI=1S/C13H18N2O2/c1-7-8(2)14-12(10(4)16)6-13(11(5)17)15(14)9(7)3/h6,8,13H,1-5H3. The molecule has 2 rings (SSSR count). The van der Waals surface area contributed by atoms with Crippen LogP contribution >= 0.6 is 0 Å². The SMILES string of the molecule is CC(=O)C1=CC(C(C)=O)N2C(C)=C(C)C(C)N12. The van der Waals surface area contributed by atoms with E-state index >= 15 is 0 Å². The molecule has 2 heterocycles. The summed E-state index contributed by atoms with van der Waals surface area (Å²) in [4.78, 5) is 23.3. The molecule has 0 aromatic rings. The predicted molar refractivity (Wildman–Crippen MR) is 64.7 cm³/mol. The van der Waals surface area contributed by atoms with E-state index in [1.807, 2.05) is 23.9 Å². The van der Waals surface area contributed by atoms with Crippen molar-refractivity contribution < 1.29 is 9.59 Å². The maximum absolute atomic E-state index is 11.7. The van der Waals surface area contributed by atoms with Crippen molar-refractivity contribution >= 4 is 11.6 Å². The van der Waals surface area contributed by atoms with E-state index in [2.05, 4.69) is 6.92 Å². The molecule has 0 N–H and O–H groups in total.